The van der Waals surface area contributed by atoms with E-state index in [4.69, 9.17) is 5.73 Å². The summed E-state index contributed by atoms with van der Waals surface area (Å²) in [5.74, 6) is -0.467. The number of rotatable bonds is 2. The molecule has 1 aliphatic rings. The Morgan fingerprint density at radius 2 is 2.11 bits per heavy atom. The number of carbonyl (C=O) groups excluding carboxylic acids is 1. The van der Waals surface area contributed by atoms with Crippen molar-refractivity contribution in [3.05, 3.63) is 28.9 Å². The molecule has 0 unspecified atom stereocenters. The fourth-order valence-corrected chi connectivity index (χ4v) is 3.59. The Balaban J connectivity index is 1.91. The van der Waals surface area contributed by atoms with Gasteiger partial charge in [0.2, 0.25) is 0 Å². The number of halogens is 1. The number of amides is 1. The van der Waals surface area contributed by atoms with Gasteiger partial charge >= 0.3 is 0 Å². The number of nitrogens with two attached hydrogens (primary N) is 1. The highest BCUT2D eigenvalue weighted by atomic mass is 32.1. The third-order valence-corrected chi connectivity index (χ3v) is 4.77. The topological polar surface area (TPSA) is 55.1 Å². The molecule has 0 saturated heterocycles. The van der Waals surface area contributed by atoms with E-state index in [0.29, 0.717) is 16.0 Å². The first-order valence-corrected chi connectivity index (χ1v) is 7.25. The molecule has 1 amide bonds. The largest absolute Gasteiger partial charge is 0.397 e. The van der Waals surface area contributed by atoms with E-state index >= 15 is 0 Å². The Morgan fingerprint density at radius 3 is 2.84 bits per heavy atom. The van der Waals surface area contributed by atoms with Crippen LogP contribution in [0.15, 0.2) is 18.2 Å². The summed E-state index contributed by atoms with van der Waals surface area (Å²) in [6, 6.07) is 4.69. The highest BCUT2D eigenvalue weighted by molar-refractivity contribution is 7.21. The second-order valence-electron chi connectivity index (χ2n) is 4.94. The van der Waals surface area contributed by atoms with Crippen molar-refractivity contribution in [3.63, 3.8) is 0 Å². The summed E-state index contributed by atoms with van der Waals surface area (Å²) in [5.41, 5.74) is 6.35. The zero-order valence-corrected chi connectivity index (χ0v) is 11.2. The van der Waals surface area contributed by atoms with Gasteiger partial charge in [0.05, 0.1) is 5.69 Å². The van der Waals surface area contributed by atoms with Crippen molar-refractivity contribution in [1.82, 2.24) is 5.32 Å². The van der Waals surface area contributed by atoms with Gasteiger partial charge in [0.1, 0.15) is 10.7 Å². The molecule has 19 heavy (non-hydrogen) atoms. The van der Waals surface area contributed by atoms with Gasteiger partial charge in [-0.15, -0.1) is 11.3 Å². The number of carbonyl (C=O) groups is 1. The van der Waals surface area contributed by atoms with Crippen LogP contribution in [-0.4, -0.2) is 11.9 Å². The van der Waals surface area contributed by atoms with Crippen LogP contribution in [0, 0.1) is 5.82 Å². The maximum absolute atomic E-state index is 13.2. The van der Waals surface area contributed by atoms with E-state index < -0.39 is 0 Å². The van der Waals surface area contributed by atoms with Crippen molar-refractivity contribution in [2.75, 3.05) is 5.73 Å². The third kappa shape index (κ3) is 2.30. The number of nitrogen functional groups attached to an aromatic ring is 1. The van der Waals surface area contributed by atoms with Crippen molar-refractivity contribution in [3.8, 4) is 0 Å². The van der Waals surface area contributed by atoms with E-state index in [2.05, 4.69) is 5.32 Å². The lowest BCUT2D eigenvalue weighted by molar-refractivity contribution is 0.0943. The standard InChI is InChI=1S/C14H15FN2OS/c15-8-5-6-11-10(7-8)12(16)13(19-11)14(18)17-9-3-1-2-4-9/h5-7,9H,1-4,16H2,(H,17,18). The van der Waals surface area contributed by atoms with E-state index in [0.717, 1.165) is 30.4 Å². The van der Waals surface area contributed by atoms with Crippen LogP contribution in [0.5, 0.6) is 0 Å². The first-order chi connectivity index (χ1) is 9.15. The van der Waals surface area contributed by atoms with Crippen molar-refractivity contribution >= 4 is 33.0 Å². The van der Waals surface area contributed by atoms with Crippen LogP contribution in [0.3, 0.4) is 0 Å². The average molecular weight is 278 g/mol. The molecular formula is C14H15FN2OS. The summed E-state index contributed by atoms with van der Waals surface area (Å²) in [6.07, 6.45) is 4.40. The van der Waals surface area contributed by atoms with Crippen molar-refractivity contribution in [2.45, 2.75) is 31.7 Å². The second-order valence-corrected chi connectivity index (χ2v) is 5.99. The van der Waals surface area contributed by atoms with Gasteiger partial charge in [0.25, 0.3) is 5.91 Å². The lowest BCUT2D eigenvalue weighted by Gasteiger charge is -2.10. The zero-order valence-electron chi connectivity index (χ0n) is 10.4. The van der Waals surface area contributed by atoms with Crippen molar-refractivity contribution < 1.29 is 9.18 Å². The molecule has 1 fully saturated rings. The molecule has 0 bridgehead atoms. The average Bonchev–Trinajstić information content (AvgIpc) is 2.98. The highest BCUT2D eigenvalue weighted by Gasteiger charge is 2.21. The number of fused-ring (bicyclic) bond motifs is 1. The third-order valence-electron chi connectivity index (χ3n) is 3.59. The van der Waals surface area contributed by atoms with Crippen LogP contribution >= 0.6 is 11.3 Å². The van der Waals surface area contributed by atoms with E-state index in [1.54, 1.807) is 6.07 Å². The highest BCUT2D eigenvalue weighted by Crippen LogP contribution is 2.34. The van der Waals surface area contributed by atoms with Crippen molar-refractivity contribution in [1.29, 1.82) is 0 Å². The molecule has 1 aromatic heterocycles. The summed E-state index contributed by atoms with van der Waals surface area (Å²) < 4.78 is 14.0. The number of hydrogen-bond acceptors (Lipinski definition) is 3. The molecule has 0 spiro atoms. The minimum absolute atomic E-state index is 0.133. The summed E-state index contributed by atoms with van der Waals surface area (Å²) in [4.78, 5) is 12.7. The quantitative estimate of drug-likeness (QED) is 0.885. The molecule has 2 aromatic rings. The number of anilines is 1. The molecule has 0 aliphatic heterocycles. The number of nitrogens with one attached hydrogen (secondary N) is 1. The predicted octanol–water partition coefficient (Wildman–Crippen LogP) is 3.30. The van der Waals surface area contributed by atoms with Gasteiger partial charge in [0.15, 0.2) is 0 Å². The van der Waals surface area contributed by atoms with Gasteiger partial charge in [0, 0.05) is 16.1 Å². The first-order valence-electron chi connectivity index (χ1n) is 6.43. The van der Waals surface area contributed by atoms with Crippen LogP contribution in [0.2, 0.25) is 0 Å². The van der Waals surface area contributed by atoms with Crippen LogP contribution in [-0.2, 0) is 0 Å². The van der Waals surface area contributed by atoms with Crippen molar-refractivity contribution in [2.24, 2.45) is 0 Å². The minimum Gasteiger partial charge on any atom is -0.397 e. The Labute approximate surface area is 114 Å². The van der Waals surface area contributed by atoms with E-state index in [9.17, 15) is 9.18 Å². The summed E-state index contributed by atoms with van der Waals surface area (Å²) in [5, 5.41) is 3.64. The molecule has 0 atom stereocenters. The Bertz CT molecular complexity index is 632. The molecule has 1 saturated carbocycles. The molecule has 1 heterocycles. The zero-order chi connectivity index (χ0) is 13.4. The predicted molar refractivity (Wildman–Crippen MR) is 75.9 cm³/mol. The number of thiophene rings is 1. The van der Waals surface area contributed by atoms with Crippen LogP contribution in [0.1, 0.15) is 35.4 Å². The van der Waals surface area contributed by atoms with Gasteiger partial charge in [-0.05, 0) is 31.0 Å². The Kier molecular flexibility index (Phi) is 3.14. The molecular weight excluding hydrogens is 263 g/mol. The molecule has 3 nitrogen and oxygen atoms in total. The molecule has 5 heteroatoms. The smallest absolute Gasteiger partial charge is 0.263 e. The molecule has 1 aromatic carbocycles. The lowest BCUT2D eigenvalue weighted by atomic mass is 10.2. The van der Waals surface area contributed by atoms with Crippen LogP contribution in [0.4, 0.5) is 10.1 Å². The fourth-order valence-electron chi connectivity index (χ4n) is 2.58. The summed E-state index contributed by atoms with van der Waals surface area (Å²) in [7, 11) is 0. The van der Waals surface area contributed by atoms with Gasteiger partial charge < -0.3 is 11.1 Å². The first kappa shape index (κ1) is 12.4. The summed E-state index contributed by atoms with van der Waals surface area (Å²) in [6.45, 7) is 0. The minimum atomic E-state index is -0.334. The Hall–Kier alpha value is -1.62. The van der Waals surface area contributed by atoms with Gasteiger partial charge in [-0.2, -0.15) is 0 Å². The van der Waals surface area contributed by atoms with Crippen LogP contribution in [0.25, 0.3) is 10.1 Å². The van der Waals surface area contributed by atoms with Gasteiger partial charge in [-0.25, -0.2) is 4.39 Å². The summed E-state index contributed by atoms with van der Waals surface area (Å²) >= 11 is 1.32. The fraction of sp³-hybridized carbons (Fsp3) is 0.357. The second kappa shape index (κ2) is 4.81. The SMILES string of the molecule is Nc1c(C(=O)NC2CCCC2)sc2ccc(F)cc12. The number of hydrogen-bond donors (Lipinski definition) is 2. The molecule has 3 rings (SSSR count). The number of benzene rings is 1. The van der Waals surface area contributed by atoms with Crippen LogP contribution < -0.4 is 11.1 Å². The molecule has 3 N–H and O–H groups in total. The van der Waals surface area contributed by atoms with E-state index in [1.807, 2.05) is 0 Å². The van der Waals surface area contributed by atoms with Gasteiger partial charge in [-0.1, -0.05) is 12.8 Å². The monoisotopic (exact) mass is 278 g/mol. The molecule has 1 aliphatic carbocycles. The molecule has 0 radical (unpaired) electrons. The molecule has 100 valence electrons. The van der Waals surface area contributed by atoms with E-state index in [-0.39, 0.29) is 17.8 Å². The maximum atomic E-state index is 13.2. The van der Waals surface area contributed by atoms with E-state index in [1.165, 1.54) is 23.5 Å². The Morgan fingerprint density at radius 1 is 1.37 bits per heavy atom. The lowest BCUT2D eigenvalue weighted by Crippen LogP contribution is -2.32. The normalized spacial score (nSPS) is 16.1. The maximum Gasteiger partial charge on any atom is 0.263 e. The van der Waals surface area contributed by atoms with Gasteiger partial charge in [-0.3, -0.25) is 4.79 Å².